The molecule has 2 aliphatic heterocycles. The van der Waals surface area contributed by atoms with E-state index in [4.69, 9.17) is 14.3 Å². The molecule has 10 heteroatoms. The third-order valence-electron chi connectivity index (χ3n) is 12.6. The molecule has 0 aromatic heterocycles. The number of hydroxylamine groups is 2. The van der Waals surface area contributed by atoms with Gasteiger partial charge in [0.25, 0.3) is 0 Å². The van der Waals surface area contributed by atoms with Gasteiger partial charge in [-0.3, -0.25) is 4.84 Å². The molecule has 0 spiro atoms. The van der Waals surface area contributed by atoms with Crippen LogP contribution in [-0.4, -0.2) is 99.2 Å². The molecule has 40 heavy (non-hydrogen) atoms. The van der Waals surface area contributed by atoms with E-state index in [9.17, 15) is 30.3 Å². The Balaban J connectivity index is 1.19. The molecule has 0 radical (unpaired) electrons. The van der Waals surface area contributed by atoms with Gasteiger partial charge in [0, 0.05) is 17.5 Å². The second-order valence-electron chi connectivity index (χ2n) is 14.0. The zero-order valence-corrected chi connectivity index (χ0v) is 23.9. The second kappa shape index (κ2) is 10.3. The maximum Gasteiger partial charge on any atom is 0.331 e. The highest BCUT2D eigenvalue weighted by molar-refractivity contribution is 5.85. The summed E-state index contributed by atoms with van der Waals surface area (Å²) in [6, 6.07) is -0.0549. The lowest BCUT2D eigenvalue weighted by molar-refractivity contribution is -0.344. The monoisotopic (exact) mass is 565 g/mol. The number of hydrogen-bond acceptors (Lipinski definition) is 10. The highest BCUT2D eigenvalue weighted by atomic mass is 16.7. The molecular formula is C30H47NO9. The molecule has 0 bridgehead atoms. The number of nitrogens with zero attached hydrogens (tertiary/aromatic N) is 1. The van der Waals surface area contributed by atoms with Gasteiger partial charge in [-0.2, -0.15) is 5.06 Å². The fourth-order valence-electron chi connectivity index (χ4n) is 10.4. The maximum absolute atomic E-state index is 12.4. The molecule has 6 rings (SSSR count). The summed E-state index contributed by atoms with van der Waals surface area (Å²) in [5.41, 5.74) is 0.0988. The van der Waals surface area contributed by atoms with Crippen LogP contribution in [0.25, 0.3) is 0 Å². The fraction of sp³-hybridized carbons (Fsp3) is 0.900. The highest BCUT2D eigenvalue weighted by Crippen LogP contribution is 2.70. The van der Waals surface area contributed by atoms with Crippen molar-refractivity contribution in [3.05, 3.63) is 11.6 Å². The van der Waals surface area contributed by atoms with Gasteiger partial charge in [0.15, 0.2) is 6.23 Å². The average Bonchev–Trinajstić information content (AvgIpc) is 3.48. The first-order valence-corrected chi connectivity index (χ1v) is 15.2. The number of rotatable bonds is 5. The molecule has 4 aliphatic carbocycles. The lowest BCUT2D eigenvalue weighted by Crippen LogP contribution is -2.66. The number of carbonyl (C=O) groups is 1. The molecule has 0 aromatic carbocycles. The van der Waals surface area contributed by atoms with E-state index in [1.54, 1.807) is 11.1 Å². The van der Waals surface area contributed by atoms with Crippen LogP contribution in [0.2, 0.25) is 0 Å². The number of ether oxygens (including phenoxy) is 2. The van der Waals surface area contributed by atoms with E-state index in [1.165, 1.54) is 7.11 Å². The van der Waals surface area contributed by atoms with E-state index < -0.39 is 42.9 Å². The molecule has 2 heterocycles. The quantitative estimate of drug-likeness (QED) is 0.244. The van der Waals surface area contributed by atoms with Crippen LogP contribution in [0.15, 0.2) is 11.6 Å². The molecule has 4 saturated carbocycles. The van der Waals surface area contributed by atoms with Gasteiger partial charge in [-0.05, 0) is 92.4 Å². The first-order chi connectivity index (χ1) is 19.0. The number of aliphatic hydroxyl groups is 5. The number of aliphatic hydroxyl groups excluding tert-OH is 4. The van der Waals surface area contributed by atoms with Crippen LogP contribution in [0.5, 0.6) is 0 Å². The predicted molar refractivity (Wildman–Crippen MR) is 142 cm³/mol. The standard InChI is InChI=1S/C30H47NO9/c1-28-9-6-18(31(38-3)27-26(36)25(35)24(34)22(14-32)40-27)13-17(28)4-5-21-20(28)7-10-29(2)19(8-11-30(21,29)37)16-12-23(33)39-15-16/h12,17-22,24-27,32,34-37H,4-11,13-15H2,1-3H3/t17?,18-,19-,20?,21?,22+,24+,25-,26-,27?,28+,29-,30+/m1/s1. The number of carbonyl (C=O) groups excluding carboxylic acids is 1. The van der Waals surface area contributed by atoms with Gasteiger partial charge in [0.2, 0.25) is 0 Å². The summed E-state index contributed by atoms with van der Waals surface area (Å²) in [5, 5.41) is 55.1. The molecule has 1 saturated heterocycles. The van der Waals surface area contributed by atoms with E-state index >= 15 is 0 Å². The molecule has 5 fully saturated rings. The minimum absolute atomic E-state index is 0.0549. The van der Waals surface area contributed by atoms with Gasteiger partial charge in [-0.1, -0.05) is 13.8 Å². The summed E-state index contributed by atoms with van der Waals surface area (Å²) >= 11 is 0. The highest BCUT2D eigenvalue weighted by Gasteiger charge is 2.68. The summed E-state index contributed by atoms with van der Waals surface area (Å²) in [4.78, 5) is 17.6. The first-order valence-electron chi connectivity index (χ1n) is 15.2. The van der Waals surface area contributed by atoms with Crippen molar-refractivity contribution in [3.63, 3.8) is 0 Å². The van der Waals surface area contributed by atoms with Gasteiger partial charge in [-0.15, -0.1) is 0 Å². The Morgan fingerprint density at radius 3 is 2.45 bits per heavy atom. The zero-order chi connectivity index (χ0) is 28.6. The smallest absolute Gasteiger partial charge is 0.331 e. The van der Waals surface area contributed by atoms with Crippen molar-refractivity contribution in [3.8, 4) is 0 Å². The van der Waals surface area contributed by atoms with Crippen molar-refractivity contribution in [1.82, 2.24) is 5.06 Å². The van der Waals surface area contributed by atoms with Crippen LogP contribution in [0.1, 0.15) is 71.6 Å². The van der Waals surface area contributed by atoms with Crippen molar-refractivity contribution in [1.29, 1.82) is 0 Å². The second-order valence-corrected chi connectivity index (χ2v) is 14.0. The molecular weight excluding hydrogens is 518 g/mol. The number of hydrogen-bond donors (Lipinski definition) is 5. The minimum Gasteiger partial charge on any atom is -0.458 e. The van der Waals surface area contributed by atoms with E-state index in [0.717, 1.165) is 63.4 Å². The van der Waals surface area contributed by atoms with E-state index in [1.807, 2.05) is 0 Å². The van der Waals surface area contributed by atoms with Gasteiger partial charge in [0.1, 0.15) is 31.0 Å². The Labute approximate surface area is 236 Å². The number of fused-ring (bicyclic) bond motifs is 5. The number of esters is 1. The van der Waals surface area contributed by atoms with Crippen molar-refractivity contribution in [2.24, 2.45) is 34.5 Å². The van der Waals surface area contributed by atoms with Gasteiger partial charge < -0.3 is 35.0 Å². The van der Waals surface area contributed by atoms with Gasteiger partial charge in [-0.25, -0.2) is 4.79 Å². The summed E-state index contributed by atoms with van der Waals surface area (Å²) in [5.74, 6) is 0.949. The molecule has 0 aromatic rings. The molecule has 226 valence electrons. The van der Waals surface area contributed by atoms with Crippen LogP contribution in [-0.2, 0) is 19.1 Å². The molecule has 0 amide bonds. The lowest BCUT2D eigenvalue weighted by atomic mass is 9.43. The number of cyclic esters (lactones) is 1. The normalized spacial score (nSPS) is 52.5. The SMILES string of the molecule is CON(C1O[C@@H](CO)[C@H](O)[C@@H](O)[C@H]1O)[C@@H]1CC[C@@]2(C)C(CCC3C2CC[C@]2(C)[C@@H](C4=CC(=O)OC4)CC[C@]32O)C1. The van der Waals surface area contributed by atoms with Crippen LogP contribution in [0.4, 0.5) is 0 Å². The lowest BCUT2D eigenvalue weighted by Gasteiger charge is -2.64. The maximum atomic E-state index is 12.4. The summed E-state index contributed by atoms with van der Waals surface area (Å²) in [6.07, 6.45) is 3.63. The summed E-state index contributed by atoms with van der Waals surface area (Å²) < 4.78 is 11.1. The van der Waals surface area contributed by atoms with Gasteiger partial charge >= 0.3 is 5.97 Å². The third kappa shape index (κ3) is 4.08. The first kappa shape index (κ1) is 29.0. The summed E-state index contributed by atoms with van der Waals surface area (Å²) in [7, 11) is 1.53. The topological polar surface area (TPSA) is 149 Å². The van der Waals surface area contributed by atoms with Crippen molar-refractivity contribution >= 4 is 5.97 Å². The molecule has 6 aliphatic rings. The summed E-state index contributed by atoms with van der Waals surface area (Å²) in [6.45, 7) is 4.53. The Morgan fingerprint density at radius 2 is 1.77 bits per heavy atom. The Kier molecular flexibility index (Phi) is 7.43. The van der Waals surface area contributed by atoms with Crippen LogP contribution in [0, 0.1) is 34.5 Å². The Hall–Kier alpha value is -1.11. The van der Waals surface area contributed by atoms with Crippen LogP contribution in [0.3, 0.4) is 0 Å². The van der Waals surface area contributed by atoms with E-state index in [2.05, 4.69) is 13.8 Å². The average molecular weight is 566 g/mol. The zero-order valence-electron chi connectivity index (χ0n) is 23.9. The molecule has 10 nitrogen and oxygen atoms in total. The molecule has 13 atom stereocenters. The van der Waals surface area contributed by atoms with Gasteiger partial charge in [0.05, 0.1) is 19.3 Å². The molecule has 4 unspecified atom stereocenters. The fourth-order valence-corrected chi connectivity index (χ4v) is 10.4. The van der Waals surface area contributed by atoms with E-state index in [0.29, 0.717) is 18.4 Å². The minimum atomic E-state index is -1.45. The largest absolute Gasteiger partial charge is 0.458 e. The van der Waals surface area contributed by atoms with Crippen LogP contribution >= 0.6 is 0 Å². The Morgan fingerprint density at radius 1 is 1.00 bits per heavy atom. The van der Waals surface area contributed by atoms with Crippen LogP contribution < -0.4 is 0 Å². The Bertz CT molecular complexity index is 1020. The third-order valence-corrected chi connectivity index (χ3v) is 12.6. The molecule has 5 N–H and O–H groups in total. The van der Waals surface area contributed by atoms with Crippen molar-refractivity contribution < 1.29 is 44.6 Å². The van der Waals surface area contributed by atoms with E-state index in [-0.39, 0.29) is 34.7 Å². The predicted octanol–water partition coefficient (Wildman–Crippen LogP) is 1.28. The van der Waals surface area contributed by atoms with Crippen molar-refractivity contribution in [2.75, 3.05) is 20.3 Å². The van der Waals surface area contributed by atoms with Crippen molar-refractivity contribution in [2.45, 2.75) is 114 Å².